The van der Waals surface area contributed by atoms with Crippen LogP contribution in [0.3, 0.4) is 0 Å². The Hall–Kier alpha value is 0.240. The predicted octanol–water partition coefficient (Wildman–Crippen LogP) is 1.41. The Morgan fingerprint density at radius 3 is 2.43 bits per heavy atom. The van der Waals surface area contributed by atoms with Gasteiger partial charge >= 0.3 is 0 Å². The number of alkyl halides is 2. The number of hydrogen-bond acceptors (Lipinski definition) is 2. The Labute approximate surface area is 50.2 Å². The summed E-state index contributed by atoms with van der Waals surface area (Å²) in [5.74, 6) is 0. The maximum absolute atomic E-state index is 11.5. The molecule has 0 bridgehead atoms. The normalized spacial score (nSPS) is 13.6. The van der Waals surface area contributed by atoms with E-state index in [4.69, 9.17) is 11.6 Å². The smallest absolute Gasteiger partial charge is 0.241 e. The van der Waals surface area contributed by atoms with E-state index in [2.05, 4.69) is 0 Å². The van der Waals surface area contributed by atoms with Gasteiger partial charge < -0.3 is 0 Å². The van der Waals surface area contributed by atoms with Crippen LogP contribution in [0.4, 0.5) is 4.39 Å². The molecule has 0 aromatic rings. The summed E-state index contributed by atoms with van der Waals surface area (Å²) < 4.78 is 11.5. The van der Waals surface area contributed by atoms with Gasteiger partial charge in [-0.2, -0.15) is 0 Å². The number of carbonyl (C=O) groups excluding carboxylic acids is 1. The second-order valence-corrected chi connectivity index (χ2v) is 2.02. The van der Waals surface area contributed by atoms with E-state index in [-0.39, 0.29) is 0 Å². The zero-order valence-electron chi connectivity index (χ0n) is 3.65. The molecule has 0 aliphatic heterocycles. The van der Waals surface area contributed by atoms with Crippen LogP contribution in [0.5, 0.6) is 0 Å². The summed E-state index contributed by atoms with van der Waals surface area (Å²) in [5, 5.41) is -0.637. The van der Waals surface area contributed by atoms with E-state index >= 15 is 0 Å². The number of thioether (sulfide) groups is 1. The van der Waals surface area contributed by atoms with Crippen molar-refractivity contribution in [3.63, 3.8) is 0 Å². The Balaban J connectivity index is 3.35. The number of halogens is 2. The Morgan fingerprint density at radius 2 is 2.43 bits per heavy atom. The van der Waals surface area contributed by atoms with Crippen molar-refractivity contribution < 1.29 is 9.18 Å². The molecule has 42 valence electrons. The molecule has 0 aliphatic carbocycles. The van der Waals surface area contributed by atoms with E-state index in [1.165, 1.54) is 6.26 Å². The predicted molar refractivity (Wildman–Crippen MR) is 29.3 cm³/mol. The summed E-state index contributed by atoms with van der Waals surface area (Å²) in [6, 6.07) is 0. The maximum Gasteiger partial charge on any atom is 0.241 e. The van der Waals surface area contributed by atoms with Crippen molar-refractivity contribution in [1.82, 2.24) is 0 Å². The third kappa shape index (κ3) is 2.88. The fourth-order valence-electron chi connectivity index (χ4n) is 0.0891. The highest BCUT2D eigenvalue weighted by atomic mass is 35.5. The van der Waals surface area contributed by atoms with Crippen molar-refractivity contribution in [1.29, 1.82) is 0 Å². The second-order valence-electron chi connectivity index (χ2n) is 0.824. The van der Waals surface area contributed by atoms with Gasteiger partial charge in [0, 0.05) is 0 Å². The minimum absolute atomic E-state index is 0.637. The largest absolute Gasteiger partial charge is 0.282 e. The molecule has 0 aliphatic rings. The van der Waals surface area contributed by atoms with E-state index in [0.29, 0.717) is 0 Å². The van der Waals surface area contributed by atoms with Crippen LogP contribution in [0, 0.1) is 0 Å². The monoisotopic (exact) mass is 142 g/mol. The molecule has 0 N–H and O–H groups in total. The highest BCUT2D eigenvalue weighted by Gasteiger charge is 2.09. The molecule has 1 nitrogen and oxygen atoms in total. The number of hydrogen-bond donors (Lipinski definition) is 0. The standard InChI is InChI=1S/C3H4ClFOS/c1-7-3(6)2(4)5/h2H,1H3. The van der Waals surface area contributed by atoms with E-state index in [1.54, 1.807) is 0 Å². The first-order valence-corrected chi connectivity index (χ1v) is 3.20. The molecule has 0 rings (SSSR count). The van der Waals surface area contributed by atoms with Crippen LogP contribution in [-0.4, -0.2) is 17.0 Å². The molecular weight excluding hydrogens is 139 g/mol. The third-order valence-electron chi connectivity index (χ3n) is 0.379. The van der Waals surface area contributed by atoms with Crippen molar-refractivity contribution in [2.75, 3.05) is 6.26 Å². The average Bonchev–Trinajstić information content (AvgIpc) is 1.65. The van der Waals surface area contributed by atoms with Crippen molar-refractivity contribution >= 4 is 28.5 Å². The van der Waals surface area contributed by atoms with Crippen LogP contribution in [0.25, 0.3) is 0 Å². The highest BCUT2D eigenvalue weighted by molar-refractivity contribution is 8.13. The molecule has 0 heterocycles. The average molecular weight is 143 g/mol. The lowest BCUT2D eigenvalue weighted by atomic mass is 10.9. The highest BCUT2D eigenvalue weighted by Crippen LogP contribution is 2.06. The molecule has 4 heteroatoms. The van der Waals surface area contributed by atoms with Gasteiger partial charge in [0.1, 0.15) is 0 Å². The van der Waals surface area contributed by atoms with Crippen LogP contribution >= 0.6 is 23.4 Å². The molecule has 0 radical (unpaired) electrons. The fourth-order valence-corrected chi connectivity index (χ4v) is 0.535. The summed E-state index contributed by atoms with van der Waals surface area (Å²) in [6.07, 6.45) is 1.48. The van der Waals surface area contributed by atoms with Gasteiger partial charge in [0.15, 0.2) is 0 Å². The summed E-state index contributed by atoms with van der Waals surface area (Å²) in [6.45, 7) is 0. The first kappa shape index (κ1) is 7.24. The molecule has 0 spiro atoms. The van der Waals surface area contributed by atoms with Crippen LogP contribution in [-0.2, 0) is 4.79 Å². The molecular formula is C3H4ClFOS. The zero-order valence-corrected chi connectivity index (χ0v) is 5.22. The van der Waals surface area contributed by atoms with Gasteiger partial charge in [0.25, 0.3) is 0 Å². The maximum atomic E-state index is 11.5. The molecule has 0 saturated carbocycles. The Bertz CT molecular complexity index is 75.3. The van der Waals surface area contributed by atoms with Gasteiger partial charge in [-0.1, -0.05) is 23.4 Å². The first-order chi connectivity index (χ1) is 3.18. The molecule has 1 atom stereocenters. The van der Waals surface area contributed by atoms with Gasteiger partial charge in [0.05, 0.1) is 0 Å². The van der Waals surface area contributed by atoms with Gasteiger partial charge in [-0.25, -0.2) is 4.39 Å². The minimum atomic E-state index is -1.84. The van der Waals surface area contributed by atoms with Gasteiger partial charge in [-0.05, 0) is 6.26 Å². The van der Waals surface area contributed by atoms with Crippen LogP contribution < -0.4 is 0 Å². The lowest BCUT2D eigenvalue weighted by molar-refractivity contribution is -0.112. The van der Waals surface area contributed by atoms with E-state index in [0.717, 1.165) is 11.8 Å². The molecule has 0 aromatic heterocycles. The topological polar surface area (TPSA) is 17.1 Å². The lowest BCUT2D eigenvalue weighted by Gasteiger charge is -1.89. The van der Waals surface area contributed by atoms with E-state index in [9.17, 15) is 9.18 Å². The van der Waals surface area contributed by atoms with Gasteiger partial charge in [0.2, 0.25) is 10.7 Å². The van der Waals surface area contributed by atoms with E-state index in [1.807, 2.05) is 0 Å². The van der Waals surface area contributed by atoms with Crippen LogP contribution in [0.1, 0.15) is 0 Å². The molecule has 0 aromatic carbocycles. The number of carbonyl (C=O) groups is 1. The van der Waals surface area contributed by atoms with Crippen molar-refractivity contribution in [2.45, 2.75) is 5.63 Å². The second kappa shape index (κ2) is 3.27. The third-order valence-corrected chi connectivity index (χ3v) is 1.32. The summed E-state index contributed by atoms with van der Waals surface area (Å²) in [7, 11) is 0. The van der Waals surface area contributed by atoms with E-state index < -0.39 is 10.7 Å². The quantitative estimate of drug-likeness (QED) is 0.515. The molecule has 0 fully saturated rings. The lowest BCUT2D eigenvalue weighted by Crippen LogP contribution is -2.01. The minimum Gasteiger partial charge on any atom is -0.282 e. The molecule has 0 saturated heterocycles. The fraction of sp³-hybridized carbons (Fsp3) is 0.667. The summed E-state index contributed by atoms with van der Waals surface area (Å²) in [5.41, 5.74) is -1.84. The summed E-state index contributed by atoms with van der Waals surface area (Å²) >= 11 is 5.48. The molecule has 7 heavy (non-hydrogen) atoms. The van der Waals surface area contributed by atoms with Crippen molar-refractivity contribution in [2.24, 2.45) is 0 Å². The summed E-state index contributed by atoms with van der Waals surface area (Å²) in [4.78, 5) is 9.97. The van der Waals surface area contributed by atoms with Crippen LogP contribution in [0.2, 0.25) is 0 Å². The molecule has 0 amide bonds. The van der Waals surface area contributed by atoms with Crippen LogP contribution in [0.15, 0.2) is 0 Å². The van der Waals surface area contributed by atoms with Crippen molar-refractivity contribution in [3.05, 3.63) is 0 Å². The van der Waals surface area contributed by atoms with Gasteiger partial charge in [-0.3, -0.25) is 4.79 Å². The van der Waals surface area contributed by atoms with Crippen molar-refractivity contribution in [3.8, 4) is 0 Å². The first-order valence-electron chi connectivity index (χ1n) is 1.54. The van der Waals surface area contributed by atoms with Gasteiger partial charge in [-0.15, -0.1) is 0 Å². The number of rotatable bonds is 1. The Morgan fingerprint density at radius 1 is 2.00 bits per heavy atom. The SMILES string of the molecule is CSC(=O)C(F)Cl. The molecule has 1 unspecified atom stereocenters. The Kier molecular flexibility index (Phi) is 3.38. The zero-order chi connectivity index (χ0) is 5.86.